The molecule has 2 aliphatic carbocycles. The van der Waals surface area contributed by atoms with Gasteiger partial charge in [0.25, 0.3) is 0 Å². The van der Waals surface area contributed by atoms with Crippen molar-refractivity contribution in [2.24, 2.45) is 4.99 Å². The number of anilines is 2. The summed E-state index contributed by atoms with van der Waals surface area (Å²) in [7, 11) is 0. The van der Waals surface area contributed by atoms with Crippen LogP contribution in [-0.4, -0.2) is 26.8 Å². The molecule has 3 heterocycles. The first kappa shape index (κ1) is 110. The zero-order chi connectivity index (χ0) is 103. The first-order chi connectivity index (χ1) is 71.6. The minimum Gasteiger partial charge on any atom is -1.00 e. The lowest BCUT2D eigenvalue weighted by molar-refractivity contribution is -0.334. The van der Waals surface area contributed by atoms with Crippen LogP contribution in [0.25, 0.3) is 32.3 Å². The summed E-state index contributed by atoms with van der Waals surface area (Å²) in [5, 5.41) is 11.9. The van der Waals surface area contributed by atoms with E-state index < -0.39 is 10.8 Å². The number of terminal acetylenes is 3. The quantitative estimate of drug-likeness (QED) is 0.0747. The first-order valence-corrected chi connectivity index (χ1v) is 45.4. The number of aliphatic imine (C=N–C) groups is 1. The minimum absolute atomic E-state index is 0. The van der Waals surface area contributed by atoms with Crippen LogP contribution in [0.4, 0.5) is 28.4 Å². The van der Waals surface area contributed by atoms with E-state index in [1.54, 1.807) is 0 Å². The van der Waals surface area contributed by atoms with Crippen LogP contribution >= 0.6 is 35.6 Å². The molecule has 0 radical (unpaired) electrons. The Labute approximate surface area is 1000 Å². The van der Waals surface area contributed by atoms with Gasteiger partial charge in [0.2, 0.25) is 29.2 Å². The lowest BCUT2D eigenvalue weighted by Crippen LogP contribution is -3.00. The average Bonchev–Trinajstić information content (AvgIpc) is 1.58. The number of hydrogen-bond donors (Lipinski definition) is 1. The smallest absolute Gasteiger partial charge is 0.243 e. The van der Waals surface area contributed by atoms with Gasteiger partial charge in [-0.15, -0.1) is 40.8 Å². The second kappa shape index (κ2) is 60.5. The van der Waals surface area contributed by atoms with Crippen molar-refractivity contribution >= 4 is 114 Å². The number of para-hydroxylation sites is 2. The Morgan fingerprint density at radius 2 is 0.669 bits per heavy atom. The number of hydrogen-bond acceptors (Lipinski definition) is 3. The summed E-state index contributed by atoms with van der Waals surface area (Å²) in [5.74, 6) is 154. The molecule has 5 nitrogen and oxygen atoms in total. The van der Waals surface area contributed by atoms with Crippen molar-refractivity contribution in [3.63, 3.8) is 0 Å². The SMILES string of the molecule is C#CC#CC#CC#CC#CC#CC#CC#CC#CC#CC#CN1/C(=C/C=C2\CCCC(/C=C/C3=[N+](C#CC#CC#CC#CC#CC#CC#CC#CC#CC#CC#C)c4ccc5ccccc5c4C3(C)C)=C2Cl)C(C)(C)c2c1ccc1ccccc21.C#CC#CC#CC#CC#CC#CC#CC#CC#CC#CC#C[N+]1=C(C)C(C)(C)c2c1ccc1ccccc21.Cl.ClC1=C(C=Nc2ccccc2)CCC/C1=C\Nc1ccccc1.[HH].[HH].[HH].[HH].[HH].[HH].[HH].[HH].[HH].[HH].[HH].[HH].[HH].[HH].[HH].[HH].[HH].[HH].[HH].[HH].[HH].[HH].[HH].[HH].[HH].[HH].[HH].[HH].[HH].[HH].[HH].[HH].[HH].[HH].[HH].[HH].[HH].[HH].[HH].[HH].[HH].[HH].[HH].[HH].[HH].[HH].[HH].[HH].[HH].[HH].[HH].[HH].[HH].[HH].[HH].[HH].[HH].[HH].[HH].[HH].[HH].[HH].[HH].[HH].[HH].[HH].[I-]. The predicted molar refractivity (Wildman–Crippen MR) is 747 cm³/mol. The summed E-state index contributed by atoms with van der Waals surface area (Å²) in [4.78, 5) is 6.54. The molecule has 0 aromatic heterocycles. The Morgan fingerprint density at radius 1 is 0.338 bits per heavy atom. The normalized spacial score (nSPS) is 12.5. The summed E-state index contributed by atoms with van der Waals surface area (Å²) in [6.07, 6.45) is 33.1. The Balaban J connectivity index is -0.0000000296. The Hall–Kier alpha value is -21.3. The van der Waals surface area contributed by atoms with Gasteiger partial charge in [-0.3, -0.25) is 9.89 Å². The van der Waals surface area contributed by atoms with E-state index in [9.17, 15) is 0 Å². The lowest BCUT2D eigenvalue weighted by atomic mass is 9.78. The highest BCUT2D eigenvalue weighted by molar-refractivity contribution is 6.34. The third-order valence-electron chi connectivity index (χ3n) is 21.5. The molecular formula is C139H204Cl3IN5+. The van der Waals surface area contributed by atoms with Crippen LogP contribution in [0.3, 0.4) is 0 Å². The van der Waals surface area contributed by atoms with Gasteiger partial charge in [-0.05, 0) is 317 Å². The van der Waals surface area contributed by atoms with Crippen molar-refractivity contribution in [2.45, 2.75) is 103 Å². The minimum atomic E-state index is -0.436. The zero-order valence-corrected chi connectivity index (χ0v) is 85.4. The molecule has 3 aliphatic heterocycles. The molecule has 0 spiro atoms. The van der Waals surface area contributed by atoms with E-state index in [4.69, 9.17) is 42.5 Å². The van der Waals surface area contributed by atoms with E-state index in [1.807, 2.05) is 87.1 Å². The van der Waals surface area contributed by atoms with Crippen molar-refractivity contribution in [1.82, 2.24) is 0 Å². The number of rotatable bonds is 7. The lowest BCUT2D eigenvalue weighted by Gasteiger charge is -2.24. The Morgan fingerprint density at radius 3 is 1.09 bits per heavy atom. The van der Waals surface area contributed by atoms with E-state index in [0.717, 1.165) is 138 Å². The van der Waals surface area contributed by atoms with E-state index in [0.29, 0.717) is 0 Å². The molecule has 9 heteroatoms. The topological polar surface area (TPSA) is 33.6 Å². The van der Waals surface area contributed by atoms with Gasteiger partial charge in [0.15, 0.2) is 5.71 Å². The van der Waals surface area contributed by atoms with Gasteiger partial charge in [0, 0.05) is 377 Å². The maximum atomic E-state index is 7.41. The van der Waals surface area contributed by atoms with Gasteiger partial charge in [-0.25, -0.2) is 0 Å². The molecule has 1 N–H and O–H groups in total. The molecule has 13 rings (SSSR count). The molecule has 5 aliphatic rings. The van der Waals surface area contributed by atoms with Crippen LogP contribution in [-0.2, 0) is 16.2 Å². The molecule has 0 amide bonds. The monoisotopic (exact) mass is 2180 g/mol. The third-order valence-corrected chi connectivity index (χ3v) is 22.5. The number of nitrogens with zero attached hydrogens (tertiary/aromatic N) is 4. The second-order valence-corrected chi connectivity index (χ2v) is 32.3. The van der Waals surface area contributed by atoms with Crippen LogP contribution in [0.5, 0.6) is 0 Å². The molecule has 0 bridgehead atoms. The third kappa shape index (κ3) is 32.9. The number of halogens is 4. The molecule has 8 aromatic carbocycles. The van der Waals surface area contributed by atoms with Crippen molar-refractivity contribution in [2.75, 3.05) is 10.2 Å². The molecule has 0 saturated carbocycles. The van der Waals surface area contributed by atoms with Crippen LogP contribution < -0.4 is 34.2 Å². The van der Waals surface area contributed by atoms with E-state index in [-0.39, 0.29) is 136 Å². The highest BCUT2D eigenvalue weighted by Crippen LogP contribution is 2.52. The summed E-state index contributed by atoms with van der Waals surface area (Å²) >= 11 is 14.0. The number of benzene rings is 8. The van der Waals surface area contributed by atoms with Gasteiger partial charge < -0.3 is 29.3 Å². The number of allylic oxidation sites excluding steroid dienone is 11. The van der Waals surface area contributed by atoms with Gasteiger partial charge >= 0.3 is 0 Å². The van der Waals surface area contributed by atoms with Crippen molar-refractivity contribution in [1.29, 1.82) is 0 Å². The molecule has 8 aromatic rings. The molecule has 0 atom stereocenters. The molecular weight excluding hydrogens is 1970 g/mol. The molecule has 148 heavy (non-hydrogen) atoms. The van der Waals surface area contributed by atoms with Crippen molar-refractivity contribution in [3.8, 4) is 393 Å². The molecule has 0 saturated heterocycles. The molecule has 0 fully saturated rings. The summed E-state index contributed by atoms with van der Waals surface area (Å²) in [6.45, 7) is 15.4. The first-order valence-electron chi connectivity index (χ1n) is 44.6. The highest BCUT2D eigenvalue weighted by Gasteiger charge is 2.47. The zero-order valence-electron chi connectivity index (χ0n) is 80.9. The fraction of sp³-hybridized carbons (Fsp3) is 0.115. The van der Waals surface area contributed by atoms with Gasteiger partial charge in [-0.1, -0.05) is 164 Å². The maximum absolute atomic E-state index is 7.41. The van der Waals surface area contributed by atoms with Crippen molar-refractivity contribution in [3.05, 3.63) is 255 Å². The fourth-order valence-corrected chi connectivity index (χ4v) is 15.6. The second-order valence-electron chi connectivity index (χ2n) is 31.5. The standard InChI is InChI=1S/C82H36ClN2.C37H16N.C20H19ClN2.ClH.HI.66H2/c1-7-9-11-13-15-17-19-21-23-25-27-29-31-33-35-37-39-41-43-49-66-84-74-62-58-68-52-45-47-56-72(68)78(74)81(3,4)76(84)64-60-70-54-51-55-71(80(70)83)61-65-77-82(5,6)79-73-57-48-46-53-69(73)59-63-75(79)85(77)67-50-44-42-40-38-36-34-32-30-28-26-24-22-20-18-16-14-12-10-8-2;1-5-6-7-8-9-10-11-12-13-14-15-16-17-18-19-20-21-22-23-26-31-38-32(2)37(3,4)36-34-28-25-24-27-33(34)29-30-35(36)38;21-20-16(14-22-18-10-3-1-4-11-18)8-7-9-17(20)15-23-19-12-5-2-6-13-19;;;;;;;;;;;;;;;;;;;;;;;;;;;;;;;;;;;;;;;;;;;;;;;;;;;;;;;;;;;;;;;;;;;;/h1-2,45-48,52-53,56-65H,51,54-55H2,3-6H3;1,24-25,27-30H,2-4H3;1-6,10-15,22H,7-9H2;68*1H/q2*+1;;;;;;;;;;;;;;;;;;;;;;;;;;;;;;;;;;;;;;;;;;;;;;;;;;;;;;;;;;;;;;;;;;;;;/p-1/b;;16-14+,23-15?;;;;;;;;;;;;;;;;;;;;;;;;;;;;;;;;;;;;;;;;;;;;;;;;;;;;;;;;;;;;;;;;;;;;. The number of nitrogens with one attached hydrogen (secondary N) is 1. The fourth-order valence-electron chi connectivity index (χ4n) is 15.0. The highest BCUT2D eigenvalue weighted by atomic mass is 127. The van der Waals surface area contributed by atoms with Gasteiger partial charge in [0.1, 0.15) is 0 Å². The Bertz CT molecular complexity index is 9710. The van der Waals surface area contributed by atoms with Crippen LogP contribution in [0.15, 0.2) is 243 Å². The largest absolute Gasteiger partial charge is 1.00 e. The van der Waals surface area contributed by atoms with Crippen LogP contribution in [0.2, 0.25) is 0 Å². The van der Waals surface area contributed by atoms with E-state index in [1.165, 1.54) is 27.5 Å². The summed E-state index contributed by atoms with van der Waals surface area (Å²) < 4.78 is 4.04. The van der Waals surface area contributed by atoms with Gasteiger partial charge in [-0.2, -0.15) is 0 Å². The van der Waals surface area contributed by atoms with Gasteiger partial charge in [0.05, 0.1) is 34.0 Å². The summed E-state index contributed by atoms with van der Waals surface area (Å²) in [6, 6.07) is 67.8. The average molecular weight is 2180 g/mol. The number of fused-ring (bicyclic) bond motifs is 9. The van der Waals surface area contributed by atoms with Crippen molar-refractivity contribution < 1.29 is 127 Å². The molecule has 0 unspecified atom stereocenters. The maximum Gasteiger partial charge on any atom is 0.243 e. The van der Waals surface area contributed by atoms with E-state index >= 15 is 0 Å². The predicted octanol–water partition coefficient (Wildman–Crippen LogP) is 34.0. The molecule has 812 valence electrons. The Kier molecular flexibility index (Phi) is 45.1. The van der Waals surface area contributed by atoms with Crippen LogP contribution in [0, 0.1) is 393 Å². The van der Waals surface area contributed by atoms with E-state index in [2.05, 4.69) is 566 Å². The summed E-state index contributed by atoms with van der Waals surface area (Å²) in [5.41, 5.74) is 15.1. The van der Waals surface area contributed by atoms with Crippen LogP contribution in [0.1, 0.15) is 198 Å².